The van der Waals surface area contributed by atoms with Gasteiger partial charge in [-0.1, -0.05) is 50.2 Å². The quantitative estimate of drug-likeness (QED) is 0.649. The molecule has 3 heteroatoms. The van der Waals surface area contributed by atoms with Crippen molar-refractivity contribution in [3.63, 3.8) is 0 Å². The Morgan fingerprint density at radius 1 is 1.06 bits per heavy atom. The Hall–Kier alpha value is -1.61. The van der Waals surface area contributed by atoms with Crippen molar-refractivity contribution in [1.82, 2.24) is 4.98 Å². The van der Waals surface area contributed by atoms with E-state index in [1.165, 1.54) is 0 Å². The van der Waals surface area contributed by atoms with Gasteiger partial charge in [0, 0.05) is 12.4 Å². The van der Waals surface area contributed by atoms with Gasteiger partial charge >= 0.3 is 0 Å². The lowest BCUT2D eigenvalue weighted by Gasteiger charge is -2.04. The first-order valence-electron chi connectivity index (χ1n) is 6.03. The first kappa shape index (κ1) is 14.5. The van der Waals surface area contributed by atoms with Crippen molar-refractivity contribution < 1.29 is 0 Å². The molecular formula is C15H18N2S. The predicted molar refractivity (Wildman–Crippen MR) is 81.3 cm³/mol. The van der Waals surface area contributed by atoms with Crippen LogP contribution in [0.3, 0.4) is 0 Å². The molecule has 0 spiro atoms. The Kier molecular flexibility index (Phi) is 6.81. The van der Waals surface area contributed by atoms with E-state index in [4.69, 9.17) is 0 Å². The van der Waals surface area contributed by atoms with Gasteiger partial charge in [-0.2, -0.15) is 0 Å². The minimum Gasteiger partial charge on any atom is -0.272 e. The smallest absolute Gasteiger partial charge is 0.118 e. The van der Waals surface area contributed by atoms with E-state index in [1.54, 1.807) is 12.4 Å². The van der Waals surface area contributed by atoms with Crippen LogP contribution in [0.15, 0.2) is 59.7 Å². The largest absolute Gasteiger partial charge is 0.272 e. The van der Waals surface area contributed by atoms with Gasteiger partial charge < -0.3 is 0 Å². The van der Waals surface area contributed by atoms with Gasteiger partial charge in [0.2, 0.25) is 0 Å². The zero-order valence-electron chi connectivity index (χ0n) is 10.7. The molecule has 2 aromatic rings. The minimum absolute atomic E-state index is 0.136. The van der Waals surface area contributed by atoms with Gasteiger partial charge in [0.05, 0.1) is 5.69 Å². The van der Waals surface area contributed by atoms with E-state index < -0.39 is 0 Å². The van der Waals surface area contributed by atoms with Gasteiger partial charge in [-0.15, -0.1) is 12.6 Å². The molecule has 0 aliphatic heterocycles. The van der Waals surface area contributed by atoms with Gasteiger partial charge in [0.25, 0.3) is 0 Å². The van der Waals surface area contributed by atoms with Crippen molar-refractivity contribution in [2.45, 2.75) is 19.2 Å². The summed E-state index contributed by atoms with van der Waals surface area (Å²) in [5.41, 5.74) is 1.93. The predicted octanol–water partition coefficient (Wildman–Crippen LogP) is 4.16. The maximum atomic E-state index is 4.42. The molecule has 0 fully saturated rings. The lowest BCUT2D eigenvalue weighted by molar-refractivity contribution is 1.05. The lowest BCUT2D eigenvalue weighted by atomic mass is 10.2. The summed E-state index contributed by atoms with van der Waals surface area (Å²) in [5, 5.41) is -0.136. The van der Waals surface area contributed by atoms with Crippen LogP contribution in [0.25, 0.3) is 0 Å². The second kappa shape index (κ2) is 8.48. The highest BCUT2D eigenvalue weighted by molar-refractivity contribution is 7.80. The Morgan fingerprint density at radius 3 is 2.33 bits per heavy atom. The normalized spacial score (nSPS) is 11.7. The number of aliphatic imine (C=N–C) groups is 1. The number of nitrogens with zero attached hydrogens (tertiary/aromatic N) is 2. The van der Waals surface area contributed by atoms with Crippen LogP contribution < -0.4 is 0 Å². The second-order valence-corrected chi connectivity index (χ2v) is 3.81. The number of thiol groups is 1. The van der Waals surface area contributed by atoms with Crippen LogP contribution in [-0.4, -0.2) is 11.2 Å². The molecule has 1 unspecified atom stereocenters. The summed E-state index contributed by atoms with van der Waals surface area (Å²) < 4.78 is 0. The minimum atomic E-state index is -0.136. The Labute approximate surface area is 114 Å². The molecule has 1 atom stereocenters. The van der Waals surface area contributed by atoms with Gasteiger partial charge in [-0.3, -0.25) is 9.98 Å². The molecule has 0 bridgehead atoms. The summed E-state index contributed by atoms with van der Waals surface area (Å²) in [7, 11) is 0. The Morgan fingerprint density at radius 2 is 1.72 bits per heavy atom. The average molecular weight is 258 g/mol. The number of benzene rings is 1. The van der Waals surface area contributed by atoms with Crippen LogP contribution in [0.4, 0.5) is 0 Å². The van der Waals surface area contributed by atoms with E-state index >= 15 is 0 Å². The van der Waals surface area contributed by atoms with Crippen LogP contribution in [-0.2, 0) is 0 Å². The molecule has 1 aromatic heterocycles. The standard InChI is InChI=1S/C13H12N2S.C2H6/c16-13(11-6-2-1-3-7-11)15-10-12-8-4-5-9-14-12;1-2/h1-10,13,16H;1-2H3/b15-10+;. The summed E-state index contributed by atoms with van der Waals surface area (Å²) in [4.78, 5) is 8.50. The van der Waals surface area contributed by atoms with Crippen molar-refractivity contribution in [3.05, 3.63) is 66.0 Å². The summed E-state index contributed by atoms with van der Waals surface area (Å²) in [6, 6.07) is 15.7. The van der Waals surface area contributed by atoms with Crippen LogP contribution in [0.2, 0.25) is 0 Å². The van der Waals surface area contributed by atoms with E-state index in [2.05, 4.69) is 22.6 Å². The summed E-state index contributed by atoms with van der Waals surface area (Å²) in [5.74, 6) is 0. The first-order chi connectivity index (χ1) is 8.86. The number of hydrogen-bond acceptors (Lipinski definition) is 3. The van der Waals surface area contributed by atoms with E-state index in [-0.39, 0.29) is 5.37 Å². The Bertz CT molecular complexity index is 454. The molecule has 2 rings (SSSR count). The highest BCUT2D eigenvalue weighted by atomic mass is 32.1. The van der Waals surface area contributed by atoms with E-state index in [1.807, 2.05) is 62.4 Å². The maximum Gasteiger partial charge on any atom is 0.118 e. The molecule has 94 valence electrons. The maximum absolute atomic E-state index is 4.42. The number of hydrogen-bond donors (Lipinski definition) is 1. The first-order valence-corrected chi connectivity index (χ1v) is 6.55. The molecular weight excluding hydrogens is 240 g/mol. The molecule has 0 radical (unpaired) electrons. The molecule has 2 nitrogen and oxygen atoms in total. The third-order valence-electron chi connectivity index (χ3n) is 2.13. The van der Waals surface area contributed by atoms with Crippen molar-refractivity contribution in [1.29, 1.82) is 0 Å². The molecule has 18 heavy (non-hydrogen) atoms. The van der Waals surface area contributed by atoms with E-state index in [9.17, 15) is 0 Å². The summed E-state index contributed by atoms with van der Waals surface area (Å²) in [6.45, 7) is 4.00. The summed E-state index contributed by atoms with van der Waals surface area (Å²) in [6.07, 6.45) is 3.49. The highest BCUT2D eigenvalue weighted by Crippen LogP contribution is 2.20. The third-order valence-corrected chi connectivity index (χ3v) is 2.56. The molecule has 1 heterocycles. The second-order valence-electron chi connectivity index (χ2n) is 3.32. The lowest BCUT2D eigenvalue weighted by Crippen LogP contribution is -1.90. The molecule has 0 saturated carbocycles. The topological polar surface area (TPSA) is 25.2 Å². The molecule has 0 N–H and O–H groups in total. The molecule has 0 saturated heterocycles. The molecule has 0 aliphatic carbocycles. The number of pyridine rings is 1. The van der Waals surface area contributed by atoms with Crippen molar-refractivity contribution in [2.75, 3.05) is 0 Å². The fourth-order valence-electron chi connectivity index (χ4n) is 1.31. The van der Waals surface area contributed by atoms with Gasteiger partial charge in [0.15, 0.2) is 0 Å². The fourth-order valence-corrected chi connectivity index (χ4v) is 1.55. The van der Waals surface area contributed by atoms with Crippen molar-refractivity contribution >= 4 is 18.8 Å². The van der Waals surface area contributed by atoms with E-state index in [0.29, 0.717) is 0 Å². The molecule has 0 amide bonds. The summed E-state index contributed by atoms with van der Waals surface area (Å²) >= 11 is 4.42. The number of rotatable bonds is 3. The van der Waals surface area contributed by atoms with Gasteiger partial charge in [-0.05, 0) is 17.7 Å². The average Bonchev–Trinajstić information content (AvgIpc) is 2.49. The zero-order valence-corrected chi connectivity index (χ0v) is 11.6. The zero-order chi connectivity index (χ0) is 13.2. The van der Waals surface area contributed by atoms with Crippen LogP contribution in [0.1, 0.15) is 30.5 Å². The van der Waals surface area contributed by atoms with Crippen molar-refractivity contribution in [2.24, 2.45) is 4.99 Å². The van der Waals surface area contributed by atoms with Gasteiger partial charge in [0.1, 0.15) is 5.37 Å². The van der Waals surface area contributed by atoms with Crippen molar-refractivity contribution in [3.8, 4) is 0 Å². The monoisotopic (exact) mass is 258 g/mol. The molecule has 1 aromatic carbocycles. The molecule has 0 aliphatic rings. The number of aromatic nitrogens is 1. The van der Waals surface area contributed by atoms with Crippen LogP contribution >= 0.6 is 12.6 Å². The SMILES string of the molecule is CC.SC(/N=C/c1ccccn1)c1ccccc1. The highest BCUT2D eigenvalue weighted by Gasteiger charge is 2.01. The fraction of sp³-hybridized carbons (Fsp3) is 0.200. The van der Waals surface area contributed by atoms with Crippen LogP contribution in [0, 0.1) is 0 Å². The Balaban J connectivity index is 0.000000771. The van der Waals surface area contributed by atoms with Crippen LogP contribution in [0.5, 0.6) is 0 Å². The van der Waals surface area contributed by atoms with Gasteiger partial charge in [-0.25, -0.2) is 0 Å². The third kappa shape index (κ3) is 4.72. The van der Waals surface area contributed by atoms with E-state index in [0.717, 1.165) is 11.3 Å².